The zero-order valence-electron chi connectivity index (χ0n) is 10.2. The van der Waals surface area contributed by atoms with Gasteiger partial charge in [0.25, 0.3) is 0 Å². The van der Waals surface area contributed by atoms with Crippen molar-refractivity contribution in [2.45, 2.75) is 19.4 Å². The fourth-order valence-corrected chi connectivity index (χ4v) is 3.26. The number of nitrogens with one attached hydrogen (secondary N) is 1. The molecule has 0 aromatic rings. The van der Waals surface area contributed by atoms with Crippen molar-refractivity contribution in [1.82, 2.24) is 5.32 Å². The molecule has 0 aromatic heterocycles. The van der Waals surface area contributed by atoms with Crippen molar-refractivity contribution in [3.8, 4) is 0 Å². The van der Waals surface area contributed by atoms with E-state index < -0.39 is 10.8 Å². The van der Waals surface area contributed by atoms with E-state index in [0.717, 1.165) is 26.2 Å². The van der Waals surface area contributed by atoms with Crippen molar-refractivity contribution >= 4 is 10.8 Å². The van der Waals surface area contributed by atoms with Gasteiger partial charge in [-0.2, -0.15) is 0 Å². The zero-order valence-corrected chi connectivity index (χ0v) is 11.1. The van der Waals surface area contributed by atoms with Crippen molar-refractivity contribution in [2.75, 3.05) is 45.0 Å². The van der Waals surface area contributed by atoms with E-state index in [2.05, 4.69) is 12.2 Å². The van der Waals surface area contributed by atoms with Crippen molar-refractivity contribution in [3.63, 3.8) is 0 Å². The van der Waals surface area contributed by atoms with Gasteiger partial charge < -0.3 is 14.8 Å². The van der Waals surface area contributed by atoms with Gasteiger partial charge in [-0.15, -0.1) is 0 Å². The third-order valence-corrected chi connectivity index (χ3v) is 4.23. The van der Waals surface area contributed by atoms with Crippen molar-refractivity contribution in [1.29, 1.82) is 0 Å². The van der Waals surface area contributed by atoms with Crippen LogP contribution in [-0.4, -0.2) is 55.2 Å². The Hall–Kier alpha value is 0.0300. The Balaban J connectivity index is 2.34. The quantitative estimate of drug-likeness (QED) is 0.676. The van der Waals surface area contributed by atoms with Crippen LogP contribution in [0.15, 0.2) is 0 Å². The van der Waals surface area contributed by atoms with Crippen LogP contribution in [-0.2, 0) is 20.3 Å². The summed E-state index contributed by atoms with van der Waals surface area (Å²) in [7, 11) is 0.852. The molecule has 16 heavy (non-hydrogen) atoms. The van der Waals surface area contributed by atoms with Gasteiger partial charge in [0.15, 0.2) is 0 Å². The summed E-state index contributed by atoms with van der Waals surface area (Å²) < 4.78 is 22.1. The second kappa shape index (κ2) is 8.17. The molecule has 0 saturated carbocycles. The number of methoxy groups -OCH3 is 1. The van der Waals surface area contributed by atoms with Crippen LogP contribution in [0.4, 0.5) is 0 Å². The molecule has 0 spiro atoms. The molecule has 96 valence electrons. The van der Waals surface area contributed by atoms with Crippen LogP contribution in [0.1, 0.15) is 13.3 Å². The monoisotopic (exact) mass is 249 g/mol. The molecule has 1 fully saturated rings. The first-order valence-electron chi connectivity index (χ1n) is 5.93. The Labute approximate surface area is 101 Å². The molecule has 0 aliphatic carbocycles. The van der Waals surface area contributed by atoms with Crippen LogP contribution >= 0.6 is 0 Å². The van der Waals surface area contributed by atoms with Crippen LogP contribution in [0.2, 0.25) is 0 Å². The van der Waals surface area contributed by atoms with E-state index >= 15 is 0 Å². The minimum absolute atomic E-state index is 0.324. The van der Waals surface area contributed by atoms with E-state index in [1.165, 1.54) is 0 Å². The number of ether oxygens (including phenoxy) is 2. The van der Waals surface area contributed by atoms with Gasteiger partial charge in [-0.05, 0) is 13.0 Å². The highest BCUT2D eigenvalue weighted by Crippen LogP contribution is 2.17. The molecule has 4 nitrogen and oxygen atoms in total. The van der Waals surface area contributed by atoms with E-state index in [1.54, 1.807) is 7.11 Å². The minimum atomic E-state index is -0.791. The molecule has 1 heterocycles. The molecule has 1 rings (SSSR count). The van der Waals surface area contributed by atoms with Crippen LogP contribution in [0.3, 0.4) is 0 Å². The summed E-state index contributed by atoms with van der Waals surface area (Å²) >= 11 is 0. The lowest BCUT2D eigenvalue weighted by molar-refractivity contribution is 0.179. The summed E-state index contributed by atoms with van der Waals surface area (Å²) in [4.78, 5) is 0. The third kappa shape index (κ3) is 4.91. The molecule has 1 saturated heterocycles. The van der Waals surface area contributed by atoms with Gasteiger partial charge in [0, 0.05) is 48.0 Å². The Morgan fingerprint density at radius 3 is 3.00 bits per heavy atom. The topological polar surface area (TPSA) is 47.6 Å². The number of hydrogen-bond donors (Lipinski definition) is 1. The van der Waals surface area contributed by atoms with Crippen molar-refractivity contribution in [2.24, 2.45) is 5.92 Å². The number of hydrogen-bond acceptors (Lipinski definition) is 4. The van der Waals surface area contributed by atoms with Gasteiger partial charge in [-0.3, -0.25) is 4.21 Å². The van der Waals surface area contributed by atoms with Gasteiger partial charge in [0.2, 0.25) is 0 Å². The molecule has 0 bridgehead atoms. The summed E-state index contributed by atoms with van der Waals surface area (Å²) in [6.07, 6.45) is 1.08. The Morgan fingerprint density at radius 2 is 2.44 bits per heavy atom. The minimum Gasteiger partial charge on any atom is -0.384 e. The summed E-state index contributed by atoms with van der Waals surface area (Å²) in [5.41, 5.74) is 0. The van der Waals surface area contributed by atoms with Gasteiger partial charge >= 0.3 is 0 Å². The fourth-order valence-electron chi connectivity index (χ4n) is 1.95. The predicted molar refractivity (Wildman–Crippen MR) is 66.1 cm³/mol. The van der Waals surface area contributed by atoms with Gasteiger partial charge in [-0.25, -0.2) is 0 Å². The second-order valence-electron chi connectivity index (χ2n) is 4.09. The molecule has 5 heteroatoms. The summed E-state index contributed by atoms with van der Waals surface area (Å²) in [6.45, 7) is 5.23. The Morgan fingerprint density at radius 1 is 1.62 bits per heavy atom. The largest absolute Gasteiger partial charge is 0.384 e. The van der Waals surface area contributed by atoms with Gasteiger partial charge in [0.05, 0.1) is 13.2 Å². The first-order chi connectivity index (χ1) is 7.77. The normalized spacial score (nSPS) is 24.5. The first kappa shape index (κ1) is 14.1. The Bertz CT molecular complexity index is 207. The van der Waals surface area contributed by atoms with Crippen LogP contribution in [0, 0.1) is 5.92 Å². The molecular formula is C11H23NO3S. The van der Waals surface area contributed by atoms with E-state index in [-0.39, 0.29) is 0 Å². The van der Waals surface area contributed by atoms with Gasteiger partial charge in [0.1, 0.15) is 0 Å². The highest BCUT2D eigenvalue weighted by molar-refractivity contribution is 7.85. The van der Waals surface area contributed by atoms with E-state index in [9.17, 15) is 4.21 Å². The maximum atomic E-state index is 11.8. The molecule has 3 atom stereocenters. The van der Waals surface area contributed by atoms with Crippen LogP contribution < -0.4 is 5.32 Å². The molecule has 1 aliphatic heterocycles. The van der Waals surface area contributed by atoms with Crippen molar-refractivity contribution in [3.05, 3.63) is 0 Å². The van der Waals surface area contributed by atoms with E-state index in [0.29, 0.717) is 30.1 Å². The lowest BCUT2D eigenvalue weighted by Gasteiger charge is -2.22. The molecule has 0 aromatic carbocycles. The lowest BCUT2D eigenvalue weighted by atomic mass is 10.0. The van der Waals surface area contributed by atoms with E-state index in [4.69, 9.17) is 9.47 Å². The molecule has 0 amide bonds. The summed E-state index contributed by atoms with van der Waals surface area (Å²) in [5.74, 6) is 1.86. The maximum Gasteiger partial charge on any atom is 0.0577 e. The van der Waals surface area contributed by atoms with E-state index in [1.807, 2.05) is 0 Å². The second-order valence-corrected chi connectivity index (χ2v) is 5.71. The molecule has 1 aliphatic rings. The maximum absolute atomic E-state index is 11.8. The smallest absolute Gasteiger partial charge is 0.0577 e. The zero-order chi connectivity index (χ0) is 11.8. The summed E-state index contributed by atoms with van der Waals surface area (Å²) in [6, 6.07) is 0.324. The summed E-state index contributed by atoms with van der Waals surface area (Å²) in [5, 5.41) is 3.42. The predicted octanol–water partition coefficient (Wildman–Crippen LogP) is 0.396. The molecule has 0 radical (unpaired) electrons. The van der Waals surface area contributed by atoms with Gasteiger partial charge in [-0.1, -0.05) is 6.92 Å². The van der Waals surface area contributed by atoms with Crippen LogP contribution in [0.5, 0.6) is 0 Å². The third-order valence-electron chi connectivity index (χ3n) is 2.88. The standard InChI is InChI=1S/C11H23NO3S/c1-3-12-11(10-4-5-15-8-10)9-16(13)7-6-14-2/h10-12H,3-9H2,1-2H3. The highest BCUT2D eigenvalue weighted by atomic mass is 32.2. The van der Waals surface area contributed by atoms with Crippen molar-refractivity contribution < 1.29 is 13.7 Å². The molecule has 1 N–H and O–H groups in total. The molecular weight excluding hydrogens is 226 g/mol. The molecule has 3 unspecified atom stereocenters. The average molecular weight is 249 g/mol. The fraction of sp³-hybridized carbons (Fsp3) is 1.00. The first-order valence-corrected chi connectivity index (χ1v) is 7.41. The average Bonchev–Trinajstić information content (AvgIpc) is 2.79. The lowest BCUT2D eigenvalue weighted by Crippen LogP contribution is -2.41. The number of rotatable bonds is 8. The highest BCUT2D eigenvalue weighted by Gasteiger charge is 2.26. The Kier molecular flexibility index (Phi) is 7.20. The van der Waals surface area contributed by atoms with Crippen LogP contribution in [0.25, 0.3) is 0 Å². The SMILES string of the molecule is CCNC(CS(=O)CCOC)C1CCOC1.